The van der Waals surface area contributed by atoms with Crippen molar-refractivity contribution in [3.8, 4) is 0 Å². The number of aryl methyl sites for hydroxylation is 2. The molecule has 1 aromatic carbocycles. The molecule has 130 valence electrons. The van der Waals surface area contributed by atoms with Gasteiger partial charge in [-0.2, -0.15) is 5.10 Å². The third-order valence-corrected chi connectivity index (χ3v) is 4.20. The molecule has 24 heavy (non-hydrogen) atoms. The molecule has 0 fully saturated rings. The molecular formula is C19H28N4O. The SMILES string of the molecule is Cc1cc(C)n(Cc2ccc(C(=O)N(C)CC(C)(C)CN)cc2)n1. The van der Waals surface area contributed by atoms with E-state index in [-0.39, 0.29) is 11.3 Å². The molecule has 0 spiro atoms. The summed E-state index contributed by atoms with van der Waals surface area (Å²) in [6.07, 6.45) is 0. The topological polar surface area (TPSA) is 64.2 Å². The van der Waals surface area contributed by atoms with Crippen LogP contribution in [0.2, 0.25) is 0 Å². The van der Waals surface area contributed by atoms with Crippen LogP contribution in [0.25, 0.3) is 0 Å². The van der Waals surface area contributed by atoms with Gasteiger partial charge in [0.25, 0.3) is 5.91 Å². The number of carbonyl (C=O) groups is 1. The third kappa shape index (κ3) is 4.45. The van der Waals surface area contributed by atoms with Crippen LogP contribution in [0.3, 0.4) is 0 Å². The summed E-state index contributed by atoms with van der Waals surface area (Å²) in [5.41, 5.74) is 9.65. The smallest absolute Gasteiger partial charge is 0.253 e. The summed E-state index contributed by atoms with van der Waals surface area (Å²) in [6.45, 7) is 10.1. The standard InChI is InChI=1S/C19H28N4O/c1-14-10-15(2)23(21-14)11-16-6-8-17(9-7-16)18(24)22(5)13-19(3,4)12-20/h6-10H,11-13,20H2,1-5H3. The number of hydrogen-bond acceptors (Lipinski definition) is 3. The van der Waals surface area contributed by atoms with Crippen molar-refractivity contribution in [2.45, 2.75) is 34.2 Å². The number of nitrogens with zero attached hydrogens (tertiary/aromatic N) is 3. The van der Waals surface area contributed by atoms with Crippen molar-refractivity contribution < 1.29 is 4.79 Å². The molecule has 2 rings (SSSR count). The zero-order chi connectivity index (χ0) is 17.9. The third-order valence-electron chi connectivity index (χ3n) is 4.20. The van der Waals surface area contributed by atoms with Gasteiger partial charge in [-0.05, 0) is 49.6 Å². The van der Waals surface area contributed by atoms with Crippen LogP contribution in [0.1, 0.15) is 41.2 Å². The maximum Gasteiger partial charge on any atom is 0.253 e. The van der Waals surface area contributed by atoms with E-state index in [0.29, 0.717) is 25.2 Å². The molecule has 5 heteroatoms. The average Bonchev–Trinajstić information content (AvgIpc) is 2.84. The van der Waals surface area contributed by atoms with E-state index in [1.54, 1.807) is 4.90 Å². The Labute approximate surface area is 144 Å². The van der Waals surface area contributed by atoms with Gasteiger partial charge in [0.1, 0.15) is 0 Å². The molecule has 0 saturated heterocycles. The van der Waals surface area contributed by atoms with Gasteiger partial charge < -0.3 is 10.6 Å². The van der Waals surface area contributed by atoms with Crippen LogP contribution in [0.4, 0.5) is 0 Å². The Balaban J connectivity index is 2.06. The average molecular weight is 328 g/mol. The highest BCUT2D eigenvalue weighted by Crippen LogP contribution is 2.16. The minimum Gasteiger partial charge on any atom is -0.341 e. The van der Waals surface area contributed by atoms with Crippen LogP contribution < -0.4 is 5.73 Å². The molecule has 5 nitrogen and oxygen atoms in total. The molecule has 0 aliphatic carbocycles. The van der Waals surface area contributed by atoms with Crippen LogP contribution in [0.15, 0.2) is 30.3 Å². The Bertz CT molecular complexity index is 701. The molecule has 1 heterocycles. The summed E-state index contributed by atoms with van der Waals surface area (Å²) >= 11 is 0. The summed E-state index contributed by atoms with van der Waals surface area (Å²) in [7, 11) is 1.82. The van der Waals surface area contributed by atoms with Crippen molar-refractivity contribution in [3.63, 3.8) is 0 Å². The van der Waals surface area contributed by atoms with Crippen molar-refractivity contribution in [3.05, 3.63) is 52.8 Å². The first kappa shape index (κ1) is 18.2. The maximum absolute atomic E-state index is 12.5. The van der Waals surface area contributed by atoms with Crippen LogP contribution >= 0.6 is 0 Å². The molecule has 0 unspecified atom stereocenters. The predicted molar refractivity (Wildman–Crippen MR) is 97.0 cm³/mol. The molecule has 2 N–H and O–H groups in total. The zero-order valence-corrected chi connectivity index (χ0v) is 15.3. The fourth-order valence-electron chi connectivity index (χ4n) is 2.76. The minimum atomic E-state index is -0.0835. The van der Waals surface area contributed by atoms with E-state index in [4.69, 9.17) is 5.73 Å². The highest BCUT2D eigenvalue weighted by atomic mass is 16.2. The minimum absolute atomic E-state index is 0.0224. The van der Waals surface area contributed by atoms with Crippen molar-refractivity contribution in [2.24, 2.45) is 11.1 Å². The van der Waals surface area contributed by atoms with Crippen molar-refractivity contribution >= 4 is 5.91 Å². The quantitative estimate of drug-likeness (QED) is 0.886. The van der Waals surface area contributed by atoms with Crippen molar-refractivity contribution in [1.82, 2.24) is 14.7 Å². The van der Waals surface area contributed by atoms with Crippen LogP contribution in [-0.2, 0) is 6.54 Å². The lowest BCUT2D eigenvalue weighted by Gasteiger charge is -2.29. The monoisotopic (exact) mass is 328 g/mol. The largest absolute Gasteiger partial charge is 0.341 e. The Morgan fingerprint density at radius 2 is 1.88 bits per heavy atom. The highest BCUT2D eigenvalue weighted by Gasteiger charge is 2.21. The molecule has 1 aromatic heterocycles. The van der Waals surface area contributed by atoms with Crippen molar-refractivity contribution in [2.75, 3.05) is 20.1 Å². The van der Waals surface area contributed by atoms with E-state index < -0.39 is 0 Å². The second-order valence-corrected chi connectivity index (χ2v) is 7.31. The van der Waals surface area contributed by atoms with Gasteiger partial charge in [0.15, 0.2) is 0 Å². The van der Waals surface area contributed by atoms with Gasteiger partial charge in [0.2, 0.25) is 0 Å². The molecule has 0 aliphatic rings. The Morgan fingerprint density at radius 1 is 1.25 bits per heavy atom. The molecule has 2 aromatic rings. The van der Waals surface area contributed by atoms with Gasteiger partial charge in [0.05, 0.1) is 12.2 Å². The van der Waals surface area contributed by atoms with E-state index >= 15 is 0 Å². The molecular weight excluding hydrogens is 300 g/mol. The molecule has 0 bridgehead atoms. The van der Waals surface area contributed by atoms with Gasteiger partial charge in [-0.1, -0.05) is 26.0 Å². The van der Waals surface area contributed by atoms with E-state index in [1.807, 2.05) is 49.8 Å². The Morgan fingerprint density at radius 3 is 2.38 bits per heavy atom. The number of amides is 1. The lowest BCUT2D eigenvalue weighted by atomic mass is 9.93. The van der Waals surface area contributed by atoms with E-state index in [2.05, 4.69) is 25.0 Å². The maximum atomic E-state index is 12.5. The van der Waals surface area contributed by atoms with Crippen molar-refractivity contribution in [1.29, 1.82) is 0 Å². The van der Waals surface area contributed by atoms with Gasteiger partial charge in [-0.15, -0.1) is 0 Å². The van der Waals surface area contributed by atoms with Gasteiger partial charge in [-0.25, -0.2) is 0 Å². The van der Waals surface area contributed by atoms with Gasteiger partial charge in [-0.3, -0.25) is 9.48 Å². The summed E-state index contributed by atoms with van der Waals surface area (Å²) in [5.74, 6) is 0.0224. The molecule has 0 atom stereocenters. The number of hydrogen-bond donors (Lipinski definition) is 1. The second kappa shape index (κ2) is 7.18. The molecule has 0 radical (unpaired) electrons. The van der Waals surface area contributed by atoms with E-state index in [0.717, 1.165) is 17.0 Å². The van der Waals surface area contributed by atoms with Gasteiger partial charge in [0, 0.05) is 24.8 Å². The molecule has 1 amide bonds. The lowest BCUT2D eigenvalue weighted by Crippen LogP contribution is -2.39. The number of rotatable bonds is 6. The first-order valence-corrected chi connectivity index (χ1v) is 8.27. The fraction of sp³-hybridized carbons (Fsp3) is 0.474. The zero-order valence-electron chi connectivity index (χ0n) is 15.3. The summed E-state index contributed by atoms with van der Waals surface area (Å²) in [4.78, 5) is 14.3. The van der Waals surface area contributed by atoms with E-state index in [9.17, 15) is 4.79 Å². The van der Waals surface area contributed by atoms with Crippen LogP contribution in [0, 0.1) is 19.3 Å². The van der Waals surface area contributed by atoms with Gasteiger partial charge >= 0.3 is 0 Å². The predicted octanol–water partition coefficient (Wildman–Crippen LogP) is 2.61. The summed E-state index contributed by atoms with van der Waals surface area (Å²) < 4.78 is 1.97. The first-order valence-electron chi connectivity index (χ1n) is 8.27. The Kier molecular flexibility index (Phi) is 5.44. The normalized spacial score (nSPS) is 11.6. The van der Waals surface area contributed by atoms with E-state index in [1.165, 1.54) is 0 Å². The number of benzene rings is 1. The molecule has 0 saturated carbocycles. The summed E-state index contributed by atoms with van der Waals surface area (Å²) in [5, 5.41) is 4.47. The molecule has 0 aliphatic heterocycles. The van der Waals surface area contributed by atoms with Crippen LogP contribution in [-0.4, -0.2) is 40.7 Å². The number of aromatic nitrogens is 2. The second-order valence-electron chi connectivity index (χ2n) is 7.31. The number of nitrogens with two attached hydrogens (primary N) is 1. The Hall–Kier alpha value is -2.14. The number of carbonyl (C=O) groups excluding carboxylic acids is 1. The van der Waals surface area contributed by atoms with Crippen LogP contribution in [0.5, 0.6) is 0 Å². The highest BCUT2D eigenvalue weighted by molar-refractivity contribution is 5.94. The fourth-order valence-corrected chi connectivity index (χ4v) is 2.76. The first-order chi connectivity index (χ1) is 11.2. The summed E-state index contributed by atoms with van der Waals surface area (Å²) in [6, 6.07) is 9.81. The lowest BCUT2D eigenvalue weighted by molar-refractivity contribution is 0.0740.